The maximum Gasteiger partial charge on any atom is 0.254 e. The van der Waals surface area contributed by atoms with Gasteiger partial charge in [-0.3, -0.25) is 4.79 Å². The minimum atomic E-state index is -0.0190. The molecular formula is C12H12IN5O. The first-order valence-corrected chi connectivity index (χ1v) is 6.91. The van der Waals surface area contributed by atoms with Crippen LogP contribution in [0.25, 0.3) is 11.4 Å². The quantitative estimate of drug-likeness (QED) is 0.734. The van der Waals surface area contributed by atoms with Crippen molar-refractivity contribution in [1.29, 1.82) is 0 Å². The normalized spacial score (nSPS) is 14.1. The third-order valence-electron chi connectivity index (χ3n) is 3.25. The van der Waals surface area contributed by atoms with E-state index in [-0.39, 0.29) is 11.9 Å². The number of amides is 1. The second-order valence-corrected chi connectivity index (χ2v) is 5.43. The molecule has 1 aliphatic rings. The smallest absolute Gasteiger partial charge is 0.254 e. The molecule has 0 aliphatic carbocycles. The van der Waals surface area contributed by atoms with Crippen LogP contribution >= 0.6 is 22.6 Å². The Kier molecular flexibility index (Phi) is 2.92. The van der Waals surface area contributed by atoms with Crippen LogP contribution in [0.3, 0.4) is 0 Å². The van der Waals surface area contributed by atoms with Crippen LogP contribution in [0.15, 0.2) is 12.3 Å². The molecule has 0 spiro atoms. The van der Waals surface area contributed by atoms with E-state index in [1.165, 1.54) is 0 Å². The monoisotopic (exact) mass is 369 g/mol. The first-order valence-electron chi connectivity index (χ1n) is 5.83. The number of nitrogen functional groups attached to an aromatic ring is 1. The van der Waals surface area contributed by atoms with E-state index in [1.54, 1.807) is 12.3 Å². The summed E-state index contributed by atoms with van der Waals surface area (Å²) in [5, 5.41) is 2.87. The molecule has 1 amide bonds. The molecule has 3 N–H and O–H groups in total. The van der Waals surface area contributed by atoms with Gasteiger partial charge in [0.15, 0.2) is 0 Å². The zero-order chi connectivity index (χ0) is 13.6. The molecule has 0 unspecified atom stereocenters. The molecule has 3 rings (SSSR count). The summed E-state index contributed by atoms with van der Waals surface area (Å²) in [6.07, 6.45) is 2.45. The zero-order valence-electron chi connectivity index (χ0n) is 10.3. The number of carbonyl (C=O) groups is 1. The Morgan fingerprint density at radius 1 is 1.53 bits per heavy atom. The molecule has 19 heavy (non-hydrogen) atoms. The molecule has 98 valence electrons. The van der Waals surface area contributed by atoms with Gasteiger partial charge in [0.25, 0.3) is 5.91 Å². The van der Waals surface area contributed by atoms with Gasteiger partial charge in [-0.1, -0.05) is 0 Å². The van der Waals surface area contributed by atoms with Gasteiger partial charge in [-0.2, -0.15) is 0 Å². The first kappa shape index (κ1) is 12.4. The number of hydrogen-bond acceptors (Lipinski definition) is 4. The molecule has 0 aromatic carbocycles. The molecule has 2 aromatic heterocycles. The standard InChI is InChI=1S/C12H12IN5O/c1-18-7-3-5-15-11(19)8(7)9(13)10(18)6-2-4-16-12(14)17-6/h2,4H,3,5H2,1H3,(H,15,19)(H2,14,16,17). The van der Waals surface area contributed by atoms with Gasteiger partial charge in [0.05, 0.1) is 20.5 Å². The number of nitrogens with two attached hydrogens (primary N) is 1. The van der Waals surface area contributed by atoms with Gasteiger partial charge in [-0.25, -0.2) is 9.97 Å². The van der Waals surface area contributed by atoms with Crippen molar-refractivity contribution in [3.8, 4) is 11.4 Å². The number of aromatic nitrogens is 3. The number of halogens is 1. The van der Waals surface area contributed by atoms with E-state index in [2.05, 4.69) is 37.9 Å². The second kappa shape index (κ2) is 4.48. The molecule has 0 saturated carbocycles. The van der Waals surface area contributed by atoms with Crippen LogP contribution in [0.1, 0.15) is 16.1 Å². The van der Waals surface area contributed by atoms with Gasteiger partial charge in [-0.15, -0.1) is 0 Å². The van der Waals surface area contributed by atoms with Crippen molar-refractivity contribution in [2.75, 3.05) is 12.3 Å². The third-order valence-corrected chi connectivity index (χ3v) is 4.30. The van der Waals surface area contributed by atoms with Crippen molar-refractivity contribution in [3.63, 3.8) is 0 Å². The van der Waals surface area contributed by atoms with E-state index in [0.29, 0.717) is 6.54 Å². The van der Waals surface area contributed by atoms with Crippen molar-refractivity contribution in [2.24, 2.45) is 7.05 Å². The van der Waals surface area contributed by atoms with Crippen molar-refractivity contribution in [2.45, 2.75) is 6.42 Å². The highest BCUT2D eigenvalue weighted by Gasteiger charge is 2.28. The highest BCUT2D eigenvalue weighted by Crippen LogP contribution is 2.32. The zero-order valence-corrected chi connectivity index (χ0v) is 12.4. The van der Waals surface area contributed by atoms with E-state index >= 15 is 0 Å². The highest BCUT2D eigenvalue weighted by molar-refractivity contribution is 14.1. The Hall–Kier alpha value is -1.64. The fourth-order valence-electron chi connectivity index (χ4n) is 2.39. The van der Waals surface area contributed by atoms with Gasteiger partial charge < -0.3 is 15.6 Å². The van der Waals surface area contributed by atoms with Gasteiger partial charge in [0.2, 0.25) is 5.95 Å². The Balaban J connectivity index is 2.26. The van der Waals surface area contributed by atoms with Crippen molar-refractivity contribution >= 4 is 34.4 Å². The highest BCUT2D eigenvalue weighted by atomic mass is 127. The van der Waals surface area contributed by atoms with Gasteiger partial charge in [0, 0.05) is 31.9 Å². The van der Waals surface area contributed by atoms with E-state index in [4.69, 9.17) is 5.73 Å². The van der Waals surface area contributed by atoms with Gasteiger partial charge >= 0.3 is 0 Å². The summed E-state index contributed by atoms with van der Waals surface area (Å²) in [7, 11) is 1.95. The predicted molar refractivity (Wildman–Crippen MR) is 79.6 cm³/mol. The molecule has 6 nitrogen and oxygen atoms in total. The lowest BCUT2D eigenvalue weighted by Gasteiger charge is -2.14. The number of anilines is 1. The summed E-state index contributed by atoms with van der Waals surface area (Å²) in [5.74, 6) is 0.214. The lowest BCUT2D eigenvalue weighted by molar-refractivity contribution is 0.0944. The van der Waals surface area contributed by atoms with Crippen LogP contribution in [0, 0.1) is 3.57 Å². The second-order valence-electron chi connectivity index (χ2n) is 4.35. The fraction of sp³-hybridized carbons (Fsp3) is 0.250. The Bertz CT molecular complexity index is 679. The van der Waals surface area contributed by atoms with Crippen molar-refractivity contribution in [3.05, 3.63) is 27.1 Å². The van der Waals surface area contributed by atoms with Gasteiger partial charge in [0.1, 0.15) is 0 Å². The summed E-state index contributed by atoms with van der Waals surface area (Å²) >= 11 is 2.19. The summed E-state index contributed by atoms with van der Waals surface area (Å²) in [5.41, 5.74) is 9.08. The van der Waals surface area contributed by atoms with E-state index in [0.717, 1.165) is 32.6 Å². The van der Waals surface area contributed by atoms with Crippen molar-refractivity contribution < 1.29 is 4.79 Å². The van der Waals surface area contributed by atoms with Crippen LogP contribution < -0.4 is 11.1 Å². The lowest BCUT2D eigenvalue weighted by Crippen LogP contribution is -2.32. The lowest BCUT2D eigenvalue weighted by atomic mass is 10.1. The summed E-state index contributed by atoms with van der Waals surface area (Å²) in [6, 6.07) is 1.80. The molecular weight excluding hydrogens is 357 g/mol. The molecule has 0 bridgehead atoms. The number of hydrogen-bond donors (Lipinski definition) is 2. The number of rotatable bonds is 1. The van der Waals surface area contributed by atoms with Crippen LogP contribution in [-0.2, 0) is 13.5 Å². The van der Waals surface area contributed by atoms with Crippen LogP contribution in [0.2, 0.25) is 0 Å². The molecule has 0 saturated heterocycles. The number of fused-ring (bicyclic) bond motifs is 1. The summed E-state index contributed by atoms with van der Waals surface area (Å²) < 4.78 is 2.93. The largest absolute Gasteiger partial charge is 0.368 e. The number of carbonyl (C=O) groups excluding carboxylic acids is 1. The van der Waals surface area contributed by atoms with Crippen LogP contribution in [-0.4, -0.2) is 27.0 Å². The molecule has 0 radical (unpaired) electrons. The molecule has 7 heteroatoms. The van der Waals surface area contributed by atoms with Crippen molar-refractivity contribution in [1.82, 2.24) is 19.9 Å². The van der Waals surface area contributed by atoms with E-state index in [1.807, 2.05) is 11.6 Å². The topological polar surface area (TPSA) is 85.8 Å². The Labute approximate surface area is 123 Å². The minimum Gasteiger partial charge on any atom is -0.368 e. The molecule has 0 atom stereocenters. The van der Waals surface area contributed by atoms with Crippen LogP contribution in [0.5, 0.6) is 0 Å². The molecule has 3 heterocycles. The Morgan fingerprint density at radius 3 is 3.00 bits per heavy atom. The summed E-state index contributed by atoms with van der Waals surface area (Å²) in [4.78, 5) is 20.1. The van der Waals surface area contributed by atoms with E-state index < -0.39 is 0 Å². The molecule has 0 fully saturated rings. The average Bonchev–Trinajstić information content (AvgIpc) is 2.63. The predicted octanol–water partition coefficient (Wildman–Crippen LogP) is 0.955. The maximum atomic E-state index is 12.0. The summed E-state index contributed by atoms with van der Waals surface area (Å²) in [6.45, 7) is 0.672. The average molecular weight is 369 g/mol. The minimum absolute atomic E-state index is 0.0190. The number of nitrogens with one attached hydrogen (secondary N) is 1. The van der Waals surface area contributed by atoms with Crippen LogP contribution in [0.4, 0.5) is 5.95 Å². The molecule has 1 aliphatic heterocycles. The SMILES string of the molecule is Cn1c2c(c(I)c1-c1ccnc(N)n1)C(=O)NCC2. The third kappa shape index (κ3) is 1.88. The fourth-order valence-corrected chi connectivity index (χ4v) is 3.59. The maximum absolute atomic E-state index is 12.0. The molecule has 2 aromatic rings. The Morgan fingerprint density at radius 2 is 2.32 bits per heavy atom. The van der Waals surface area contributed by atoms with Gasteiger partial charge in [-0.05, 0) is 28.7 Å². The number of nitrogens with zero attached hydrogens (tertiary/aromatic N) is 3. The van der Waals surface area contributed by atoms with E-state index in [9.17, 15) is 4.79 Å². The first-order chi connectivity index (χ1) is 9.09.